The summed E-state index contributed by atoms with van der Waals surface area (Å²) in [6.07, 6.45) is 0. The molecule has 1 aliphatic heterocycles. The van der Waals surface area contributed by atoms with E-state index in [-0.39, 0.29) is 11.1 Å². The predicted octanol–water partition coefficient (Wildman–Crippen LogP) is 0.463. The lowest BCUT2D eigenvalue weighted by molar-refractivity contribution is 0.0693. The van der Waals surface area contributed by atoms with Crippen molar-refractivity contribution in [1.29, 1.82) is 0 Å². The van der Waals surface area contributed by atoms with Gasteiger partial charge in [-0.2, -0.15) is 0 Å². The van der Waals surface area contributed by atoms with Crippen molar-refractivity contribution in [3.05, 3.63) is 29.1 Å². The molecule has 1 aromatic carbocycles. The Kier molecular flexibility index (Phi) is 3.26. The lowest BCUT2D eigenvalue weighted by Crippen LogP contribution is -2.43. The molecule has 4 N–H and O–H groups in total. The van der Waals surface area contributed by atoms with Crippen LogP contribution in [0.2, 0.25) is 0 Å². The average Bonchev–Trinajstić information content (AvgIpc) is 2.30. The fourth-order valence-electron chi connectivity index (χ4n) is 1.94. The zero-order chi connectivity index (χ0) is 12.4. The van der Waals surface area contributed by atoms with Crippen LogP contribution < -0.4 is 10.6 Å². The van der Waals surface area contributed by atoms with Crippen molar-refractivity contribution >= 4 is 5.97 Å². The summed E-state index contributed by atoms with van der Waals surface area (Å²) >= 11 is 0. The number of rotatable bonds is 2. The molecule has 0 unspecified atom stereocenters. The van der Waals surface area contributed by atoms with Crippen molar-refractivity contribution in [2.45, 2.75) is 6.04 Å². The van der Waals surface area contributed by atoms with Gasteiger partial charge < -0.3 is 20.8 Å². The van der Waals surface area contributed by atoms with Gasteiger partial charge in [-0.1, -0.05) is 0 Å². The number of benzene rings is 1. The van der Waals surface area contributed by atoms with E-state index in [0.29, 0.717) is 13.1 Å². The monoisotopic (exact) mass is 240 g/mol. The van der Waals surface area contributed by atoms with Crippen LogP contribution in [0.5, 0.6) is 5.75 Å². The SMILES string of the molecule is O=C(O)c1ccc(F)c([C@H]2CNCCN2)c1O. The second-order valence-electron chi connectivity index (χ2n) is 3.87. The van der Waals surface area contributed by atoms with Gasteiger partial charge in [0.15, 0.2) is 0 Å². The lowest BCUT2D eigenvalue weighted by Gasteiger charge is -2.26. The minimum atomic E-state index is -1.27. The van der Waals surface area contributed by atoms with Crippen LogP contribution >= 0.6 is 0 Å². The molecule has 0 spiro atoms. The van der Waals surface area contributed by atoms with E-state index >= 15 is 0 Å². The van der Waals surface area contributed by atoms with E-state index in [2.05, 4.69) is 10.6 Å². The molecule has 0 radical (unpaired) electrons. The van der Waals surface area contributed by atoms with Gasteiger partial charge in [0.1, 0.15) is 17.1 Å². The number of hydrogen-bond donors (Lipinski definition) is 4. The van der Waals surface area contributed by atoms with Crippen molar-refractivity contribution in [2.24, 2.45) is 0 Å². The van der Waals surface area contributed by atoms with Crippen LogP contribution in [-0.4, -0.2) is 35.8 Å². The molecule has 1 aromatic rings. The molecular formula is C11H13FN2O3. The normalized spacial score (nSPS) is 20.2. The predicted molar refractivity (Wildman–Crippen MR) is 58.6 cm³/mol. The Balaban J connectivity index is 2.43. The summed E-state index contributed by atoms with van der Waals surface area (Å²) in [5.74, 6) is -2.38. The molecule has 92 valence electrons. The van der Waals surface area contributed by atoms with Gasteiger partial charge in [0, 0.05) is 25.2 Å². The number of nitrogens with one attached hydrogen (secondary N) is 2. The largest absolute Gasteiger partial charge is 0.507 e. The maximum absolute atomic E-state index is 13.7. The Bertz CT molecular complexity index is 445. The number of hydrogen-bond acceptors (Lipinski definition) is 4. The van der Waals surface area contributed by atoms with Gasteiger partial charge in [-0.05, 0) is 12.1 Å². The minimum Gasteiger partial charge on any atom is -0.507 e. The Hall–Kier alpha value is -1.66. The molecule has 0 aliphatic carbocycles. The highest BCUT2D eigenvalue weighted by Crippen LogP contribution is 2.31. The van der Waals surface area contributed by atoms with Gasteiger partial charge in [0.2, 0.25) is 0 Å². The highest BCUT2D eigenvalue weighted by molar-refractivity contribution is 5.91. The molecule has 1 atom stereocenters. The first kappa shape index (κ1) is 11.8. The first-order chi connectivity index (χ1) is 8.11. The van der Waals surface area contributed by atoms with E-state index in [1.54, 1.807) is 0 Å². The van der Waals surface area contributed by atoms with Crippen LogP contribution in [0.4, 0.5) is 4.39 Å². The molecule has 0 aromatic heterocycles. The fraction of sp³-hybridized carbons (Fsp3) is 0.364. The van der Waals surface area contributed by atoms with Crippen LogP contribution in [0.3, 0.4) is 0 Å². The summed E-state index contributed by atoms with van der Waals surface area (Å²) in [6, 6.07) is 1.71. The second-order valence-corrected chi connectivity index (χ2v) is 3.87. The van der Waals surface area contributed by atoms with E-state index in [9.17, 15) is 14.3 Å². The third-order valence-electron chi connectivity index (χ3n) is 2.78. The van der Waals surface area contributed by atoms with Gasteiger partial charge in [-0.15, -0.1) is 0 Å². The zero-order valence-corrected chi connectivity index (χ0v) is 9.03. The number of piperazine rings is 1. The third kappa shape index (κ3) is 2.22. The third-order valence-corrected chi connectivity index (χ3v) is 2.78. The number of phenols is 1. The van der Waals surface area contributed by atoms with Crippen molar-refractivity contribution < 1.29 is 19.4 Å². The fourth-order valence-corrected chi connectivity index (χ4v) is 1.94. The van der Waals surface area contributed by atoms with Crippen LogP contribution in [-0.2, 0) is 0 Å². The van der Waals surface area contributed by atoms with E-state index in [1.165, 1.54) is 0 Å². The summed E-state index contributed by atoms with van der Waals surface area (Å²) in [7, 11) is 0. The number of carbonyl (C=O) groups is 1. The maximum atomic E-state index is 13.7. The first-order valence-electron chi connectivity index (χ1n) is 5.30. The van der Waals surface area contributed by atoms with Gasteiger partial charge in [0.05, 0.1) is 6.04 Å². The van der Waals surface area contributed by atoms with E-state index in [0.717, 1.165) is 18.7 Å². The Morgan fingerprint density at radius 2 is 2.18 bits per heavy atom. The molecule has 5 nitrogen and oxygen atoms in total. The molecule has 6 heteroatoms. The summed E-state index contributed by atoms with van der Waals surface area (Å²) in [5, 5.41) is 24.7. The molecule has 1 heterocycles. The van der Waals surface area contributed by atoms with Gasteiger partial charge in [-0.25, -0.2) is 9.18 Å². The number of aromatic carboxylic acids is 1. The molecule has 1 fully saturated rings. The first-order valence-corrected chi connectivity index (χ1v) is 5.30. The zero-order valence-electron chi connectivity index (χ0n) is 9.03. The van der Waals surface area contributed by atoms with E-state index < -0.39 is 23.6 Å². The van der Waals surface area contributed by atoms with Crippen LogP contribution in [0.1, 0.15) is 22.0 Å². The second kappa shape index (κ2) is 4.68. The highest BCUT2D eigenvalue weighted by Gasteiger charge is 2.25. The molecule has 17 heavy (non-hydrogen) atoms. The number of aromatic hydroxyl groups is 1. The van der Waals surface area contributed by atoms with Crippen LogP contribution in [0, 0.1) is 5.82 Å². The quantitative estimate of drug-likeness (QED) is 0.604. The number of halogens is 1. The molecule has 2 rings (SSSR count). The lowest BCUT2D eigenvalue weighted by atomic mass is 10.00. The standard InChI is InChI=1S/C11H13FN2O3/c12-7-2-1-6(11(16)17)10(15)9(7)8-5-13-3-4-14-8/h1-2,8,13-15H,3-5H2,(H,16,17)/t8-/m1/s1. The minimum absolute atomic E-state index is 0.0112. The topological polar surface area (TPSA) is 81.6 Å². The highest BCUT2D eigenvalue weighted by atomic mass is 19.1. The number of carboxylic acids is 1. The molecule has 1 aliphatic rings. The van der Waals surface area contributed by atoms with Crippen molar-refractivity contribution in [3.63, 3.8) is 0 Å². The summed E-state index contributed by atoms with van der Waals surface area (Å²) in [6.45, 7) is 1.85. The van der Waals surface area contributed by atoms with Crippen LogP contribution in [0.15, 0.2) is 12.1 Å². The molecular weight excluding hydrogens is 227 g/mol. The Labute approximate surface area is 97.3 Å². The Morgan fingerprint density at radius 1 is 1.41 bits per heavy atom. The maximum Gasteiger partial charge on any atom is 0.339 e. The van der Waals surface area contributed by atoms with Gasteiger partial charge in [0.25, 0.3) is 0 Å². The van der Waals surface area contributed by atoms with E-state index in [4.69, 9.17) is 5.11 Å². The summed E-state index contributed by atoms with van der Waals surface area (Å²) < 4.78 is 13.7. The summed E-state index contributed by atoms with van der Waals surface area (Å²) in [4.78, 5) is 10.8. The smallest absolute Gasteiger partial charge is 0.339 e. The molecule has 0 bridgehead atoms. The molecule has 0 saturated carbocycles. The summed E-state index contributed by atoms with van der Waals surface area (Å²) in [5.41, 5.74) is -0.272. The number of carboxylic acid groups (broad SMARTS) is 1. The van der Waals surface area contributed by atoms with Gasteiger partial charge in [-0.3, -0.25) is 0 Å². The van der Waals surface area contributed by atoms with E-state index in [1.807, 2.05) is 0 Å². The Morgan fingerprint density at radius 3 is 2.76 bits per heavy atom. The molecule has 0 amide bonds. The van der Waals surface area contributed by atoms with Gasteiger partial charge >= 0.3 is 5.97 Å². The average molecular weight is 240 g/mol. The van der Waals surface area contributed by atoms with Crippen molar-refractivity contribution in [3.8, 4) is 5.75 Å². The van der Waals surface area contributed by atoms with Crippen LogP contribution in [0.25, 0.3) is 0 Å². The van der Waals surface area contributed by atoms with Crippen molar-refractivity contribution in [1.82, 2.24) is 10.6 Å². The van der Waals surface area contributed by atoms with Crippen molar-refractivity contribution in [2.75, 3.05) is 19.6 Å². The molecule has 1 saturated heterocycles.